The van der Waals surface area contributed by atoms with Crippen LogP contribution in [0.25, 0.3) is 0 Å². The van der Waals surface area contributed by atoms with E-state index in [4.69, 9.17) is 0 Å². The van der Waals surface area contributed by atoms with E-state index in [1.54, 1.807) is 0 Å². The van der Waals surface area contributed by atoms with Gasteiger partial charge in [0.1, 0.15) is 0 Å². The molecular formula is C12H15F3N2S. The third kappa shape index (κ3) is 2.69. The molecule has 0 spiro atoms. The quantitative estimate of drug-likeness (QED) is 0.917. The molecule has 0 aromatic carbocycles. The van der Waals surface area contributed by atoms with Crippen LogP contribution in [0.3, 0.4) is 0 Å². The molecule has 0 radical (unpaired) electrons. The van der Waals surface area contributed by atoms with E-state index < -0.39 is 11.9 Å². The Kier molecular flexibility index (Phi) is 3.10. The van der Waals surface area contributed by atoms with Crippen molar-refractivity contribution in [2.75, 3.05) is 6.54 Å². The highest BCUT2D eigenvalue weighted by atomic mass is 32.1. The first kappa shape index (κ1) is 12.4. The van der Waals surface area contributed by atoms with E-state index in [1.807, 2.05) is 0 Å². The summed E-state index contributed by atoms with van der Waals surface area (Å²) in [6.45, 7) is 1.08. The van der Waals surface area contributed by atoms with Crippen LogP contribution in [0.15, 0.2) is 5.38 Å². The van der Waals surface area contributed by atoms with Crippen molar-refractivity contribution in [2.24, 2.45) is 11.8 Å². The molecule has 2 heterocycles. The summed E-state index contributed by atoms with van der Waals surface area (Å²) in [4.78, 5) is 3.66. The standard InChI is InChI=1S/C12H15F3N2S/c13-12(14,15)10-6-18-11(17-10)2-1-9-4-7-3-8(7)5-16-9/h6-9,16H,1-5H2/t7-,8+,9-/m1/s1. The second-order valence-electron chi connectivity index (χ2n) is 5.26. The Morgan fingerprint density at radius 2 is 2.17 bits per heavy atom. The second kappa shape index (κ2) is 4.49. The van der Waals surface area contributed by atoms with Gasteiger partial charge in [0.15, 0.2) is 5.69 Å². The van der Waals surface area contributed by atoms with Gasteiger partial charge in [-0.2, -0.15) is 13.2 Å². The molecule has 0 bridgehead atoms. The summed E-state index contributed by atoms with van der Waals surface area (Å²) in [5.41, 5.74) is -0.749. The number of piperidine rings is 1. The van der Waals surface area contributed by atoms with E-state index in [9.17, 15) is 13.2 Å². The first-order chi connectivity index (χ1) is 8.52. The number of hydrogen-bond acceptors (Lipinski definition) is 3. The van der Waals surface area contributed by atoms with Crippen molar-refractivity contribution in [3.8, 4) is 0 Å². The Labute approximate surface area is 108 Å². The van der Waals surface area contributed by atoms with E-state index in [-0.39, 0.29) is 0 Å². The smallest absolute Gasteiger partial charge is 0.314 e. The molecule has 6 heteroatoms. The lowest BCUT2D eigenvalue weighted by Gasteiger charge is -2.22. The Bertz CT molecular complexity index is 429. The zero-order chi connectivity index (χ0) is 12.8. The molecular weight excluding hydrogens is 261 g/mol. The van der Waals surface area contributed by atoms with Crippen molar-refractivity contribution in [3.63, 3.8) is 0 Å². The lowest BCUT2D eigenvalue weighted by molar-refractivity contribution is -0.140. The number of nitrogens with zero attached hydrogens (tertiary/aromatic N) is 1. The summed E-state index contributed by atoms with van der Waals surface area (Å²) >= 11 is 1.12. The predicted octanol–water partition coefficient (Wildman–Crippen LogP) is 3.09. The molecule has 1 aliphatic carbocycles. The number of hydrogen-bond donors (Lipinski definition) is 1. The number of aromatic nitrogens is 1. The molecule has 0 unspecified atom stereocenters. The molecule has 2 fully saturated rings. The van der Waals surface area contributed by atoms with Crippen molar-refractivity contribution in [2.45, 2.75) is 37.9 Å². The van der Waals surface area contributed by atoms with Crippen LogP contribution in [0.5, 0.6) is 0 Å². The van der Waals surface area contributed by atoms with Crippen molar-refractivity contribution in [3.05, 3.63) is 16.1 Å². The van der Waals surface area contributed by atoms with Crippen LogP contribution in [-0.2, 0) is 12.6 Å². The number of rotatable bonds is 3. The van der Waals surface area contributed by atoms with Gasteiger partial charge in [-0.05, 0) is 37.6 Å². The fourth-order valence-corrected chi connectivity index (χ4v) is 3.51. The molecule has 1 aliphatic heterocycles. The van der Waals surface area contributed by atoms with E-state index in [0.717, 1.165) is 41.5 Å². The SMILES string of the molecule is FC(F)(F)c1csc(CC[C@@H]2C[C@H]3C[C@H]3CN2)n1. The zero-order valence-electron chi connectivity index (χ0n) is 9.83. The van der Waals surface area contributed by atoms with Crippen LogP contribution >= 0.6 is 11.3 Å². The fraction of sp³-hybridized carbons (Fsp3) is 0.750. The Balaban J connectivity index is 1.52. The highest BCUT2D eigenvalue weighted by molar-refractivity contribution is 7.09. The Morgan fingerprint density at radius 3 is 2.83 bits per heavy atom. The summed E-state index contributed by atoms with van der Waals surface area (Å²) in [7, 11) is 0. The Morgan fingerprint density at radius 1 is 1.33 bits per heavy atom. The van der Waals surface area contributed by atoms with Gasteiger partial charge in [-0.15, -0.1) is 11.3 Å². The summed E-state index contributed by atoms with van der Waals surface area (Å²) in [5, 5.41) is 5.18. The average molecular weight is 276 g/mol. The van der Waals surface area contributed by atoms with Gasteiger partial charge in [-0.3, -0.25) is 0 Å². The molecule has 2 aliphatic rings. The van der Waals surface area contributed by atoms with E-state index in [0.29, 0.717) is 17.5 Å². The van der Waals surface area contributed by atoms with Crippen LogP contribution in [-0.4, -0.2) is 17.6 Å². The third-order valence-electron chi connectivity index (χ3n) is 3.87. The maximum Gasteiger partial charge on any atom is 0.434 e. The molecule has 0 amide bonds. The number of alkyl halides is 3. The predicted molar refractivity (Wildman–Crippen MR) is 63.4 cm³/mol. The van der Waals surface area contributed by atoms with Crippen LogP contribution in [0.4, 0.5) is 13.2 Å². The van der Waals surface area contributed by atoms with Gasteiger partial charge in [0.2, 0.25) is 0 Å². The number of fused-ring (bicyclic) bond motifs is 1. The van der Waals surface area contributed by atoms with E-state index in [1.165, 1.54) is 12.8 Å². The third-order valence-corrected chi connectivity index (χ3v) is 4.78. The molecule has 100 valence electrons. The molecule has 1 N–H and O–H groups in total. The molecule has 1 saturated heterocycles. The summed E-state index contributed by atoms with van der Waals surface area (Å²) in [5.74, 6) is 1.75. The lowest BCUT2D eigenvalue weighted by atomic mass is 10.0. The summed E-state index contributed by atoms with van der Waals surface area (Å²) in [6.07, 6.45) is -0.246. The number of thiazole rings is 1. The van der Waals surface area contributed by atoms with Gasteiger partial charge < -0.3 is 5.32 Å². The van der Waals surface area contributed by atoms with Crippen LogP contribution < -0.4 is 5.32 Å². The van der Waals surface area contributed by atoms with Crippen LogP contribution in [0.2, 0.25) is 0 Å². The van der Waals surface area contributed by atoms with E-state index in [2.05, 4.69) is 10.3 Å². The average Bonchev–Trinajstić information content (AvgIpc) is 2.90. The molecule has 1 aromatic heterocycles. The number of aryl methyl sites for hydroxylation is 1. The molecule has 3 rings (SSSR count). The molecule has 2 nitrogen and oxygen atoms in total. The monoisotopic (exact) mass is 276 g/mol. The summed E-state index contributed by atoms with van der Waals surface area (Å²) in [6, 6.07) is 0.465. The highest BCUT2D eigenvalue weighted by Gasteiger charge is 2.41. The van der Waals surface area contributed by atoms with Crippen molar-refractivity contribution in [1.82, 2.24) is 10.3 Å². The largest absolute Gasteiger partial charge is 0.434 e. The normalized spacial score (nSPS) is 31.2. The van der Waals surface area contributed by atoms with Crippen molar-refractivity contribution < 1.29 is 13.2 Å². The minimum Gasteiger partial charge on any atom is -0.314 e. The van der Waals surface area contributed by atoms with Gasteiger partial charge in [0.05, 0.1) is 5.01 Å². The summed E-state index contributed by atoms with van der Waals surface area (Å²) < 4.78 is 37.2. The maximum atomic E-state index is 12.4. The fourth-order valence-electron chi connectivity index (χ4n) is 2.69. The minimum atomic E-state index is -4.31. The van der Waals surface area contributed by atoms with Crippen molar-refractivity contribution in [1.29, 1.82) is 0 Å². The van der Waals surface area contributed by atoms with Gasteiger partial charge in [-0.1, -0.05) is 0 Å². The highest BCUT2D eigenvalue weighted by Crippen LogP contribution is 2.44. The van der Waals surface area contributed by atoms with Gasteiger partial charge in [0.25, 0.3) is 0 Å². The van der Waals surface area contributed by atoms with Gasteiger partial charge >= 0.3 is 6.18 Å². The molecule has 1 aromatic rings. The molecule has 1 saturated carbocycles. The Hall–Kier alpha value is -0.620. The van der Waals surface area contributed by atoms with Crippen molar-refractivity contribution >= 4 is 11.3 Å². The maximum absolute atomic E-state index is 12.4. The topological polar surface area (TPSA) is 24.9 Å². The lowest BCUT2D eigenvalue weighted by Crippen LogP contribution is -2.35. The first-order valence-corrected chi connectivity index (χ1v) is 7.15. The van der Waals surface area contributed by atoms with Gasteiger partial charge in [0, 0.05) is 17.8 Å². The van der Waals surface area contributed by atoms with Crippen LogP contribution in [0, 0.1) is 11.8 Å². The van der Waals surface area contributed by atoms with Gasteiger partial charge in [-0.25, -0.2) is 4.98 Å². The number of nitrogens with one attached hydrogen (secondary N) is 1. The number of halogens is 3. The van der Waals surface area contributed by atoms with E-state index >= 15 is 0 Å². The van der Waals surface area contributed by atoms with Crippen LogP contribution in [0.1, 0.15) is 30.0 Å². The molecule has 3 atom stereocenters. The minimum absolute atomic E-state index is 0.465. The zero-order valence-corrected chi connectivity index (χ0v) is 10.7. The molecule has 18 heavy (non-hydrogen) atoms. The first-order valence-electron chi connectivity index (χ1n) is 6.27. The second-order valence-corrected chi connectivity index (χ2v) is 6.20.